The first-order chi connectivity index (χ1) is 7.15. The van der Waals surface area contributed by atoms with Gasteiger partial charge in [-0.25, -0.2) is 4.98 Å². The zero-order chi connectivity index (χ0) is 11.3. The topological polar surface area (TPSA) is 61.0 Å². The number of likely N-dealkylation sites (N-methyl/N-ethyl adjacent to an activating group) is 1. The number of aromatic amines is 1. The molecule has 1 heterocycles. The van der Waals surface area contributed by atoms with Crippen LogP contribution in [0.4, 0.5) is 5.82 Å². The molecule has 6 heteroatoms. The molecule has 2 N–H and O–H groups in total. The van der Waals surface area contributed by atoms with Crippen LogP contribution >= 0.6 is 22.6 Å². The molecular weight excluding hydrogens is 307 g/mol. The number of aromatic nitrogens is 2. The van der Waals surface area contributed by atoms with E-state index in [-0.39, 0.29) is 5.56 Å². The van der Waals surface area contributed by atoms with Gasteiger partial charge in [-0.2, -0.15) is 0 Å². The minimum absolute atomic E-state index is 0.100. The molecule has 1 rings (SSSR count). The molecular formula is C9H15IN4O. The number of anilines is 1. The van der Waals surface area contributed by atoms with Crippen molar-refractivity contribution < 1.29 is 0 Å². The smallest absolute Gasteiger partial charge is 0.266 e. The van der Waals surface area contributed by atoms with Gasteiger partial charge < -0.3 is 15.2 Å². The van der Waals surface area contributed by atoms with Gasteiger partial charge in [-0.1, -0.05) is 6.92 Å². The second kappa shape index (κ2) is 6.06. The van der Waals surface area contributed by atoms with Gasteiger partial charge in [0.05, 0.1) is 6.33 Å². The molecule has 0 saturated heterocycles. The van der Waals surface area contributed by atoms with Crippen molar-refractivity contribution in [3.63, 3.8) is 0 Å². The zero-order valence-electron chi connectivity index (χ0n) is 8.88. The van der Waals surface area contributed by atoms with E-state index in [0.29, 0.717) is 9.39 Å². The largest absolute Gasteiger partial charge is 0.368 e. The van der Waals surface area contributed by atoms with Crippen molar-refractivity contribution in [1.82, 2.24) is 14.9 Å². The average Bonchev–Trinajstić information content (AvgIpc) is 2.24. The summed E-state index contributed by atoms with van der Waals surface area (Å²) in [4.78, 5) is 20.0. The number of H-pyrrole nitrogens is 1. The van der Waals surface area contributed by atoms with Crippen LogP contribution in [0.3, 0.4) is 0 Å². The molecule has 0 aliphatic heterocycles. The van der Waals surface area contributed by atoms with Crippen LogP contribution in [0.15, 0.2) is 11.1 Å². The van der Waals surface area contributed by atoms with Crippen LogP contribution in [0.25, 0.3) is 0 Å². The summed E-state index contributed by atoms with van der Waals surface area (Å²) >= 11 is 1.99. The molecule has 5 nitrogen and oxygen atoms in total. The summed E-state index contributed by atoms with van der Waals surface area (Å²) in [7, 11) is 2.05. The summed E-state index contributed by atoms with van der Waals surface area (Å²) < 4.78 is 0.606. The van der Waals surface area contributed by atoms with E-state index in [9.17, 15) is 4.79 Å². The fourth-order valence-electron chi connectivity index (χ4n) is 1.03. The first-order valence-electron chi connectivity index (χ1n) is 4.80. The minimum Gasteiger partial charge on any atom is -0.368 e. The Balaban J connectivity index is 2.51. The molecule has 0 fully saturated rings. The Bertz CT molecular complexity index is 365. The highest BCUT2D eigenvalue weighted by atomic mass is 127. The highest BCUT2D eigenvalue weighted by Gasteiger charge is 2.03. The number of hydrogen-bond donors (Lipinski definition) is 2. The number of rotatable bonds is 5. The SMILES string of the molecule is CCN(C)CCNc1nc[nH]c(=O)c1I. The Hall–Kier alpha value is -0.630. The fraction of sp³-hybridized carbons (Fsp3) is 0.556. The molecule has 15 heavy (non-hydrogen) atoms. The van der Waals surface area contributed by atoms with E-state index in [4.69, 9.17) is 0 Å². The van der Waals surface area contributed by atoms with Crippen LogP contribution < -0.4 is 10.9 Å². The fourth-order valence-corrected chi connectivity index (χ4v) is 1.52. The van der Waals surface area contributed by atoms with Gasteiger partial charge in [-0.3, -0.25) is 4.79 Å². The van der Waals surface area contributed by atoms with Crippen molar-refractivity contribution in [2.45, 2.75) is 6.92 Å². The van der Waals surface area contributed by atoms with Crippen LogP contribution in [0.5, 0.6) is 0 Å². The summed E-state index contributed by atoms with van der Waals surface area (Å²) in [5.41, 5.74) is -0.100. The molecule has 0 bridgehead atoms. The maximum Gasteiger partial charge on any atom is 0.266 e. The lowest BCUT2D eigenvalue weighted by Crippen LogP contribution is -2.26. The second-order valence-corrected chi connectivity index (χ2v) is 4.30. The molecule has 0 radical (unpaired) electrons. The van der Waals surface area contributed by atoms with Crippen LogP contribution in [0.1, 0.15) is 6.92 Å². The Morgan fingerprint density at radius 1 is 1.67 bits per heavy atom. The van der Waals surface area contributed by atoms with E-state index < -0.39 is 0 Å². The highest BCUT2D eigenvalue weighted by Crippen LogP contribution is 2.07. The van der Waals surface area contributed by atoms with E-state index in [2.05, 4.69) is 34.2 Å². The summed E-state index contributed by atoms with van der Waals surface area (Å²) in [6.07, 6.45) is 1.41. The lowest BCUT2D eigenvalue weighted by atomic mass is 10.5. The van der Waals surface area contributed by atoms with Crippen LogP contribution in [0, 0.1) is 3.57 Å². The molecule has 0 aliphatic rings. The first-order valence-corrected chi connectivity index (χ1v) is 5.88. The quantitative estimate of drug-likeness (QED) is 0.785. The molecule has 0 atom stereocenters. The van der Waals surface area contributed by atoms with Gasteiger partial charge in [0.2, 0.25) is 0 Å². The van der Waals surface area contributed by atoms with Crippen molar-refractivity contribution in [2.75, 3.05) is 32.0 Å². The van der Waals surface area contributed by atoms with E-state index in [0.717, 1.165) is 19.6 Å². The molecule has 0 aromatic carbocycles. The Morgan fingerprint density at radius 2 is 2.40 bits per heavy atom. The average molecular weight is 322 g/mol. The number of nitrogens with zero attached hydrogens (tertiary/aromatic N) is 2. The summed E-state index contributed by atoms with van der Waals surface area (Å²) in [6.45, 7) is 4.84. The summed E-state index contributed by atoms with van der Waals surface area (Å²) in [5.74, 6) is 0.656. The summed E-state index contributed by atoms with van der Waals surface area (Å²) in [6, 6.07) is 0. The Labute approximate surface area is 102 Å². The number of nitrogens with one attached hydrogen (secondary N) is 2. The third-order valence-electron chi connectivity index (χ3n) is 2.12. The highest BCUT2D eigenvalue weighted by molar-refractivity contribution is 14.1. The Morgan fingerprint density at radius 3 is 3.07 bits per heavy atom. The molecule has 1 aromatic rings. The van der Waals surface area contributed by atoms with Crippen LogP contribution in [-0.4, -0.2) is 41.5 Å². The predicted molar refractivity (Wildman–Crippen MR) is 69.2 cm³/mol. The zero-order valence-corrected chi connectivity index (χ0v) is 11.0. The minimum atomic E-state index is -0.100. The van der Waals surface area contributed by atoms with Crippen LogP contribution in [0.2, 0.25) is 0 Å². The molecule has 0 saturated carbocycles. The van der Waals surface area contributed by atoms with Gasteiger partial charge in [0.1, 0.15) is 9.39 Å². The molecule has 0 aliphatic carbocycles. The van der Waals surface area contributed by atoms with E-state index in [1.807, 2.05) is 22.6 Å². The van der Waals surface area contributed by atoms with E-state index in [1.165, 1.54) is 6.33 Å². The number of hydrogen-bond acceptors (Lipinski definition) is 4. The van der Waals surface area contributed by atoms with Gasteiger partial charge >= 0.3 is 0 Å². The Kier molecular flexibility index (Phi) is 5.03. The lowest BCUT2D eigenvalue weighted by Gasteiger charge is -2.14. The van der Waals surface area contributed by atoms with Gasteiger partial charge in [-0.05, 0) is 36.2 Å². The van der Waals surface area contributed by atoms with E-state index >= 15 is 0 Å². The molecule has 0 spiro atoms. The maximum atomic E-state index is 11.2. The van der Waals surface area contributed by atoms with Crippen molar-refractivity contribution in [2.24, 2.45) is 0 Å². The number of halogens is 1. The van der Waals surface area contributed by atoms with Gasteiger partial charge in [0, 0.05) is 13.1 Å². The second-order valence-electron chi connectivity index (χ2n) is 3.22. The van der Waals surface area contributed by atoms with Crippen molar-refractivity contribution in [3.8, 4) is 0 Å². The third-order valence-corrected chi connectivity index (χ3v) is 3.12. The van der Waals surface area contributed by atoms with Gasteiger partial charge in [0.25, 0.3) is 5.56 Å². The summed E-state index contributed by atoms with van der Waals surface area (Å²) in [5, 5.41) is 3.14. The van der Waals surface area contributed by atoms with Gasteiger partial charge in [0.15, 0.2) is 0 Å². The van der Waals surface area contributed by atoms with E-state index in [1.54, 1.807) is 0 Å². The van der Waals surface area contributed by atoms with Crippen LogP contribution in [-0.2, 0) is 0 Å². The normalized spacial score (nSPS) is 10.7. The maximum absolute atomic E-state index is 11.2. The molecule has 1 aromatic heterocycles. The van der Waals surface area contributed by atoms with Gasteiger partial charge in [-0.15, -0.1) is 0 Å². The first kappa shape index (κ1) is 12.4. The van der Waals surface area contributed by atoms with Crippen molar-refractivity contribution in [3.05, 3.63) is 20.3 Å². The monoisotopic (exact) mass is 322 g/mol. The third kappa shape index (κ3) is 3.78. The molecule has 84 valence electrons. The van der Waals surface area contributed by atoms with Crippen molar-refractivity contribution in [1.29, 1.82) is 0 Å². The predicted octanol–water partition coefficient (Wildman–Crippen LogP) is 0.738. The molecule has 0 amide bonds. The lowest BCUT2D eigenvalue weighted by molar-refractivity contribution is 0.367. The van der Waals surface area contributed by atoms with Crippen molar-refractivity contribution >= 4 is 28.4 Å². The standard InChI is InChI=1S/C9H15IN4O/c1-3-14(2)5-4-11-8-7(10)9(15)13-6-12-8/h6H,3-5H2,1-2H3,(H2,11,12,13,15). The molecule has 0 unspecified atom stereocenters.